The molecule has 1 fully saturated rings. The van der Waals surface area contributed by atoms with Crippen molar-refractivity contribution in [2.24, 2.45) is 0 Å². The minimum atomic E-state index is -1.01. The Kier molecular flexibility index (Phi) is 4.65. The molecule has 0 spiro atoms. The summed E-state index contributed by atoms with van der Waals surface area (Å²) in [6, 6.07) is 1.52. The molecule has 1 saturated heterocycles. The van der Waals surface area contributed by atoms with E-state index in [1.165, 1.54) is 12.4 Å². The lowest BCUT2D eigenvalue weighted by molar-refractivity contribution is 0.0690. The van der Waals surface area contributed by atoms with Gasteiger partial charge in [0.15, 0.2) is 5.69 Å². The molecule has 2 rings (SSSR count). The number of carbonyl (C=O) groups is 1. The molecule has 6 heteroatoms. The Labute approximate surface area is 93.6 Å². The van der Waals surface area contributed by atoms with Gasteiger partial charge in [0.2, 0.25) is 0 Å². The fourth-order valence-corrected chi connectivity index (χ4v) is 1.58. The van der Waals surface area contributed by atoms with Gasteiger partial charge in [0.25, 0.3) is 0 Å². The van der Waals surface area contributed by atoms with E-state index in [4.69, 9.17) is 10.2 Å². The maximum Gasteiger partial charge on any atom is 0.354 e. The van der Waals surface area contributed by atoms with Crippen LogP contribution in [0.5, 0.6) is 0 Å². The van der Waals surface area contributed by atoms with E-state index < -0.39 is 5.97 Å². The standard InChI is InChI=1S/C9H11N3O2.CH4O/c13-9(14)7-5-8(11-6-10-7)12-3-1-2-4-12;1-2/h5-6H,1-4H2,(H,13,14);2H,1H3. The molecular weight excluding hydrogens is 210 g/mol. The van der Waals surface area contributed by atoms with Crippen LogP contribution in [-0.4, -0.2) is 46.3 Å². The Hall–Kier alpha value is -1.69. The molecule has 0 saturated carbocycles. The number of aromatic carboxylic acids is 1. The highest BCUT2D eigenvalue weighted by Gasteiger charge is 2.15. The lowest BCUT2D eigenvalue weighted by Crippen LogP contribution is -2.19. The van der Waals surface area contributed by atoms with Gasteiger partial charge < -0.3 is 15.1 Å². The quantitative estimate of drug-likeness (QED) is 0.756. The number of rotatable bonds is 2. The van der Waals surface area contributed by atoms with Crippen LogP contribution >= 0.6 is 0 Å². The van der Waals surface area contributed by atoms with Crippen molar-refractivity contribution in [1.29, 1.82) is 0 Å². The molecule has 0 atom stereocenters. The number of carboxylic acid groups (broad SMARTS) is 1. The first kappa shape index (κ1) is 12.4. The van der Waals surface area contributed by atoms with Gasteiger partial charge in [-0.05, 0) is 12.8 Å². The lowest BCUT2D eigenvalue weighted by Gasteiger charge is -2.15. The maximum atomic E-state index is 10.7. The molecule has 0 aromatic carbocycles. The topological polar surface area (TPSA) is 86.5 Å². The Bertz CT molecular complexity index is 351. The first-order valence-electron chi connectivity index (χ1n) is 5.02. The molecule has 16 heavy (non-hydrogen) atoms. The van der Waals surface area contributed by atoms with Crippen molar-refractivity contribution >= 4 is 11.8 Å². The van der Waals surface area contributed by atoms with Crippen LogP contribution in [0.1, 0.15) is 23.3 Å². The summed E-state index contributed by atoms with van der Waals surface area (Å²) in [7, 11) is 1.00. The van der Waals surface area contributed by atoms with E-state index in [2.05, 4.69) is 14.9 Å². The summed E-state index contributed by atoms with van der Waals surface area (Å²) in [5.41, 5.74) is 0.0573. The minimum Gasteiger partial charge on any atom is -0.477 e. The number of aromatic nitrogens is 2. The van der Waals surface area contributed by atoms with Gasteiger partial charge in [0.1, 0.15) is 12.1 Å². The molecular formula is C10H15N3O3. The molecule has 0 unspecified atom stereocenters. The number of hydrogen-bond acceptors (Lipinski definition) is 5. The smallest absolute Gasteiger partial charge is 0.354 e. The van der Waals surface area contributed by atoms with Crippen LogP contribution in [0.3, 0.4) is 0 Å². The third kappa shape index (κ3) is 2.90. The largest absolute Gasteiger partial charge is 0.477 e. The van der Waals surface area contributed by atoms with E-state index in [-0.39, 0.29) is 5.69 Å². The van der Waals surface area contributed by atoms with Crippen molar-refractivity contribution in [3.8, 4) is 0 Å². The van der Waals surface area contributed by atoms with E-state index in [9.17, 15) is 4.79 Å². The average Bonchev–Trinajstić information content (AvgIpc) is 2.85. The number of anilines is 1. The van der Waals surface area contributed by atoms with Crippen LogP contribution < -0.4 is 4.90 Å². The molecule has 1 aliphatic heterocycles. The van der Waals surface area contributed by atoms with Gasteiger partial charge >= 0.3 is 5.97 Å². The predicted octanol–water partition coefficient (Wildman–Crippen LogP) is 0.383. The number of nitrogens with zero attached hydrogens (tertiary/aromatic N) is 3. The molecule has 6 nitrogen and oxygen atoms in total. The van der Waals surface area contributed by atoms with E-state index >= 15 is 0 Å². The van der Waals surface area contributed by atoms with Crippen molar-refractivity contribution in [1.82, 2.24) is 9.97 Å². The Balaban J connectivity index is 0.000000606. The van der Waals surface area contributed by atoms with Gasteiger partial charge in [-0.1, -0.05) is 0 Å². The first-order valence-corrected chi connectivity index (χ1v) is 5.02. The Morgan fingerprint density at radius 1 is 1.31 bits per heavy atom. The SMILES string of the molecule is CO.O=C(O)c1cc(N2CCCC2)ncn1. The third-order valence-corrected chi connectivity index (χ3v) is 2.30. The molecule has 0 bridgehead atoms. The molecule has 2 heterocycles. The third-order valence-electron chi connectivity index (χ3n) is 2.30. The summed E-state index contributed by atoms with van der Waals surface area (Å²) in [6.45, 7) is 1.91. The van der Waals surface area contributed by atoms with Crippen LogP contribution in [0.25, 0.3) is 0 Å². The van der Waals surface area contributed by atoms with Crippen LogP contribution in [-0.2, 0) is 0 Å². The molecule has 1 aromatic rings. The highest BCUT2D eigenvalue weighted by atomic mass is 16.4. The molecule has 0 radical (unpaired) electrons. The molecule has 88 valence electrons. The minimum absolute atomic E-state index is 0.0573. The van der Waals surface area contributed by atoms with Crippen molar-refractivity contribution in [3.63, 3.8) is 0 Å². The number of aliphatic hydroxyl groups excluding tert-OH is 1. The fourth-order valence-electron chi connectivity index (χ4n) is 1.58. The van der Waals surface area contributed by atoms with Gasteiger partial charge in [-0.25, -0.2) is 14.8 Å². The first-order chi connectivity index (χ1) is 7.77. The van der Waals surface area contributed by atoms with Crippen molar-refractivity contribution in [2.45, 2.75) is 12.8 Å². The lowest BCUT2D eigenvalue weighted by atomic mass is 10.4. The average molecular weight is 225 g/mol. The van der Waals surface area contributed by atoms with E-state index in [1.54, 1.807) is 0 Å². The second kappa shape index (κ2) is 6.02. The second-order valence-electron chi connectivity index (χ2n) is 3.26. The zero-order chi connectivity index (χ0) is 12.0. The van der Waals surface area contributed by atoms with Gasteiger partial charge in [0, 0.05) is 26.3 Å². The summed E-state index contributed by atoms with van der Waals surface area (Å²) in [5, 5.41) is 15.7. The van der Waals surface area contributed by atoms with Gasteiger partial charge in [-0.15, -0.1) is 0 Å². The Morgan fingerprint density at radius 2 is 1.94 bits per heavy atom. The molecule has 2 N–H and O–H groups in total. The zero-order valence-electron chi connectivity index (χ0n) is 9.13. The molecule has 0 aliphatic carbocycles. The summed E-state index contributed by atoms with van der Waals surface area (Å²) in [6.07, 6.45) is 3.59. The molecule has 0 amide bonds. The van der Waals surface area contributed by atoms with Crippen molar-refractivity contribution in [3.05, 3.63) is 18.1 Å². The highest BCUT2D eigenvalue weighted by Crippen LogP contribution is 2.17. The van der Waals surface area contributed by atoms with E-state index in [0.717, 1.165) is 38.9 Å². The van der Waals surface area contributed by atoms with E-state index in [0.29, 0.717) is 0 Å². The summed E-state index contributed by atoms with van der Waals surface area (Å²) >= 11 is 0. The summed E-state index contributed by atoms with van der Waals surface area (Å²) < 4.78 is 0. The van der Waals surface area contributed by atoms with E-state index in [1.807, 2.05) is 0 Å². The van der Waals surface area contributed by atoms with Crippen LogP contribution in [0.4, 0.5) is 5.82 Å². The Morgan fingerprint density at radius 3 is 2.50 bits per heavy atom. The molecule has 1 aromatic heterocycles. The molecule has 1 aliphatic rings. The van der Waals surface area contributed by atoms with Crippen LogP contribution in [0.15, 0.2) is 12.4 Å². The fraction of sp³-hybridized carbons (Fsp3) is 0.500. The van der Waals surface area contributed by atoms with Gasteiger partial charge in [-0.3, -0.25) is 0 Å². The summed E-state index contributed by atoms with van der Waals surface area (Å²) in [5.74, 6) is -0.289. The van der Waals surface area contributed by atoms with Gasteiger partial charge in [0.05, 0.1) is 0 Å². The monoisotopic (exact) mass is 225 g/mol. The van der Waals surface area contributed by atoms with Gasteiger partial charge in [-0.2, -0.15) is 0 Å². The number of aliphatic hydroxyl groups is 1. The zero-order valence-corrected chi connectivity index (χ0v) is 9.13. The van der Waals surface area contributed by atoms with Crippen LogP contribution in [0, 0.1) is 0 Å². The normalized spacial score (nSPS) is 14.2. The summed E-state index contributed by atoms with van der Waals surface area (Å²) in [4.78, 5) is 20.5. The predicted molar refractivity (Wildman–Crippen MR) is 58.6 cm³/mol. The maximum absolute atomic E-state index is 10.7. The number of carboxylic acids is 1. The second-order valence-corrected chi connectivity index (χ2v) is 3.26. The highest BCUT2D eigenvalue weighted by molar-refractivity contribution is 5.86. The van der Waals surface area contributed by atoms with Crippen molar-refractivity contribution in [2.75, 3.05) is 25.1 Å². The number of hydrogen-bond donors (Lipinski definition) is 2. The van der Waals surface area contributed by atoms with Crippen molar-refractivity contribution < 1.29 is 15.0 Å². The van der Waals surface area contributed by atoms with Crippen LogP contribution in [0.2, 0.25) is 0 Å².